The molecule has 0 aliphatic rings. The summed E-state index contributed by atoms with van der Waals surface area (Å²) in [5, 5.41) is 4.26. The van der Waals surface area contributed by atoms with Crippen molar-refractivity contribution in [3.8, 4) is 5.75 Å². The Morgan fingerprint density at radius 1 is 1.29 bits per heavy atom. The number of nitrogens with zero attached hydrogens (tertiary/aromatic N) is 2. The van der Waals surface area contributed by atoms with Gasteiger partial charge in [0.05, 0.1) is 26.0 Å². The zero-order chi connectivity index (χ0) is 15.1. The van der Waals surface area contributed by atoms with Gasteiger partial charge in [-0.1, -0.05) is 12.1 Å². The Morgan fingerprint density at radius 2 is 2.05 bits per heavy atom. The first-order chi connectivity index (χ1) is 10.2. The average Bonchev–Trinajstić information content (AvgIpc) is 2.93. The molecule has 1 aromatic heterocycles. The molecule has 110 valence electrons. The van der Waals surface area contributed by atoms with Gasteiger partial charge in [0.15, 0.2) is 0 Å². The van der Waals surface area contributed by atoms with Gasteiger partial charge in [-0.25, -0.2) is 4.79 Å². The maximum Gasteiger partial charge on any atom is 0.330 e. The van der Waals surface area contributed by atoms with Crippen molar-refractivity contribution in [2.24, 2.45) is 0 Å². The zero-order valence-corrected chi connectivity index (χ0v) is 12.2. The topological polar surface area (TPSA) is 53.3 Å². The van der Waals surface area contributed by atoms with Crippen molar-refractivity contribution >= 4 is 12.0 Å². The van der Waals surface area contributed by atoms with E-state index in [0.29, 0.717) is 13.2 Å². The molecule has 0 unspecified atom stereocenters. The Morgan fingerprint density at radius 3 is 2.71 bits per heavy atom. The highest BCUT2D eigenvalue weighted by molar-refractivity contribution is 5.86. The van der Waals surface area contributed by atoms with Crippen LogP contribution >= 0.6 is 0 Å². The van der Waals surface area contributed by atoms with Crippen LogP contribution in [0.25, 0.3) is 6.08 Å². The number of hydrogen-bond donors (Lipinski definition) is 0. The molecule has 1 heterocycles. The lowest BCUT2D eigenvalue weighted by Gasteiger charge is -2.06. The molecule has 5 heteroatoms. The quantitative estimate of drug-likeness (QED) is 0.605. The van der Waals surface area contributed by atoms with E-state index in [2.05, 4.69) is 5.10 Å². The Kier molecular flexibility index (Phi) is 5.15. The maximum atomic E-state index is 11.3. The van der Waals surface area contributed by atoms with E-state index in [9.17, 15) is 4.79 Å². The first-order valence-electron chi connectivity index (χ1n) is 6.72. The van der Waals surface area contributed by atoms with E-state index in [0.717, 1.165) is 17.0 Å². The third-order valence-corrected chi connectivity index (χ3v) is 2.92. The van der Waals surface area contributed by atoms with Gasteiger partial charge in [-0.2, -0.15) is 5.10 Å². The molecule has 2 rings (SSSR count). The van der Waals surface area contributed by atoms with Crippen LogP contribution in [0.1, 0.15) is 18.2 Å². The Balaban J connectivity index is 2.07. The molecule has 0 aliphatic carbocycles. The summed E-state index contributed by atoms with van der Waals surface area (Å²) in [6.45, 7) is 2.77. The minimum absolute atomic E-state index is 0.352. The normalized spacial score (nSPS) is 10.8. The lowest BCUT2D eigenvalue weighted by molar-refractivity contribution is -0.137. The van der Waals surface area contributed by atoms with Crippen molar-refractivity contribution in [1.29, 1.82) is 0 Å². The van der Waals surface area contributed by atoms with E-state index < -0.39 is 0 Å². The predicted octanol–water partition coefficient (Wildman–Crippen LogP) is 2.52. The zero-order valence-electron chi connectivity index (χ0n) is 12.2. The fourth-order valence-electron chi connectivity index (χ4n) is 1.86. The number of methoxy groups -OCH3 is 1. The van der Waals surface area contributed by atoms with Crippen molar-refractivity contribution in [3.05, 3.63) is 53.9 Å². The molecule has 5 nitrogen and oxygen atoms in total. The molecule has 2 aromatic rings. The molecular weight excluding hydrogens is 268 g/mol. The van der Waals surface area contributed by atoms with E-state index in [1.165, 1.54) is 6.08 Å². The third-order valence-electron chi connectivity index (χ3n) is 2.92. The molecule has 0 saturated heterocycles. The van der Waals surface area contributed by atoms with Gasteiger partial charge in [0, 0.05) is 12.3 Å². The fourth-order valence-corrected chi connectivity index (χ4v) is 1.86. The number of esters is 1. The van der Waals surface area contributed by atoms with Gasteiger partial charge >= 0.3 is 5.97 Å². The lowest BCUT2D eigenvalue weighted by Crippen LogP contribution is -2.04. The van der Waals surface area contributed by atoms with Gasteiger partial charge in [0.25, 0.3) is 0 Å². The smallest absolute Gasteiger partial charge is 0.330 e. The lowest BCUT2D eigenvalue weighted by atomic mass is 10.2. The van der Waals surface area contributed by atoms with Crippen LogP contribution in [0.3, 0.4) is 0 Å². The molecule has 0 fully saturated rings. The first-order valence-corrected chi connectivity index (χ1v) is 6.72. The second kappa shape index (κ2) is 7.28. The van der Waals surface area contributed by atoms with Crippen molar-refractivity contribution < 1.29 is 14.3 Å². The van der Waals surface area contributed by atoms with E-state index >= 15 is 0 Å². The predicted molar refractivity (Wildman–Crippen MR) is 80.0 cm³/mol. The van der Waals surface area contributed by atoms with Gasteiger partial charge in [0.1, 0.15) is 5.75 Å². The molecule has 0 amide bonds. The van der Waals surface area contributed by atoms with E-state index in [-0.39, 0.29) is 5.97 Å². The number of aromatic nitrogens is 2. The highest BCUT2D eigenvalue weighted by atomic mass is 16.5. The number of ether oxygens (including phenoxy) is 2. The number of carbonyl (C=O) groups is 1. The second-order valence-corrected chi connectivity index (χ2v) is 4.35. The summed E-state index contributed by atoms with van der Waals surface area (Å²) in [5.41, 5.74) is 1.95. The first kappa shape index (κ1) is 14.8. The standard InChI is InChI=1S/C16H18N2O3/c1-3-21-16(19)9-6-14-10-11-17-18(14)12-13-4-7-15(20-2)8-5-13/h4-11H,3,12H2,1-2H3/b9-6+. The minimum Gasteiger partial charge on any atom is -0.497 e. The van der Waals surface area contributed by atoms with E-state index in [4.69, 9.17) is 9.47 Å². The molecule has 1 aromatic carbocycles. The molecule has 21 heavy (non-hydrogen) atoms. The van der Waals surface area contributed by atoms with Crippen molar-refractivity contribution in [2.45, 2.75) is 13.5 Å². The molecular formula is C16H18N2O3. The van der Waals surface area contributed by atoms with E-state index in [1.54, 1.807) is 26.3 Å². The van der Waals surface area contributed by atoms with Gasteiger partial charge in [0.2, 0.25) is 0 Å². The molecule has 0 radical (unpaired) electrons. The highest BCUT2D eigenvalue weighted by Crippen LogP contribution is 2.13. The number of rotatable bonds is 6. The van der Waals surface area contributed by atoms with Crippen molar-refractivity contribution in [1.82, 2.24) is 9.78 Å². The second-order valence-electron chi connectivity index (χ2n) is 4.35. The van der Waals surface area contributed by atoms with Gasteiger partial charge < -0.3 is 9.47 Å². The molecule has 0 N–H and O–H groups in total. The van der Waals surface area contributed by atoms with Crippen LogP contribution in [-0.2, 0) is 16.1 Å². The molecule has 0 atom stereocenters. The molecule has 0 spiro atoms. The van der Waals surface area contributed by atoms with Crippen LogP contribution in [-0.4, -0.2) is 29.5 Å². The summed E-state index contributed by atoms with van der Waals surface area (Å²) in [7, 11) is 1.64. The monoisotopic (exact) mass is 286 g/mol. The summed E-state index contributed by atoms with van der Waals surface area (Å²) < 4.78 is 11.8. The van der Waals surface area contributed by atoms with Crippen LogP contribution in [0.5, 0.6) is 5.75 Å². The van der Waals surface area contributed by atoms with Gasteiger partial charge in [-0.05, 0) is 36.8 Å². The molecule has 0 bridgehead atoms. The molecule has 0 saturated carbocycles. The summed E-state index contributed by atoms with van der Waals surface area (Å²) in [6.07, 6.45) is 4.81. The maximum absolute atomic E-state index is 11.3. The van der Waals surface area contributed by atoms with Gasteiger partial charge in [-0.15, -0.1) is 0 Å². The summed E-state index contributed by atoms with van der Waals surface area (Å²) in [4.78, 5) is 11.3. The largest absolute Gasteiger partial charge is 0.497 e. The number of benzene rings is 1. The number of carbonyl (C=O) groups excluding carboxylic acids is 1. The Bertz CT molecular complexity index is 615. The van der Waals surface area contributed by atoms with E-state index in [1.807, 2.05) is 35.0 Å². The number of hydrogen-bond acceptors (Lipinski definition) is 4. The average molecular weight is 286 g/mol. The third kappa shape index (κ3) is 4.21. The molecule has 0 aliphatic heterocycles. The SMILES string of the molecule is CCOC(=O)/C=C/c1ccnn1Cc1ccc(OC)cc1. The van der Waals surface area contributed by atoms with Crippen LogP contribution in [0.15, 0.2) is 42.6 Å². The van der Waals surface area contributed by atoms with Crippen LogP contribution in [0.4, 0.5) is 0 Å². The highest BCUT2D eigenvalue weighted by Gasteiger charge is 2.02. The summed E-state index contributed by atoms with van der Waals surface area (Å²) in [6, 6.07) is 9.64. The Hall–Kier alpha value is -2.56. The summed E-state index contributed by atoms with van der Waals surface area (Å²) in [5.74, 6) is 0.469. The fraction of sp³-hybridized carbons (Fsp3) is 0.250. The van der Waals surface area contributed by atoms with Crippen molar-refractivity contribution in [3.63, 3.8) is 0 Å². The van der Waals surface area contributed by atoms with Crippen LogP contribution < -0.4 is 4.74 Å². The van der Waals surface area contributed by atoms with Gasteiger partial charge in [-0.3, -0.25) is 4.68 Å². The summed E-state index contributed by atoms with van der Waals surface area (Å²) >= 11 is 0. The van der Waals surface area contributed by atoms with Crippen LogP contribution in [0, 0.1) is 0 Å². The van der Waals surface area contributed by atoms with Crippen molar-refractivity contribution in [2.75, 3.05) is 13.7 Å². The van der Waals surface area contributed by atoms with Crippen LogP contribution in [0.2, 0.25) is 0 Å². The minimum atomic E-state index is -0.352. The Labute approximate surface area is 123 Å².